The van der Waals surface area contributed by atoms with Gasteiger partial charge in [-0.1, -0.05) is 11.3 Å². The highest BCUT2D eigenvalue weighted by molar-refractivity contribution is 7.18. The summed E-state index contributed by atoms with van der Waals surface area (Å²) in [7, 11) is 0. The second-order valence-electron chi connectivity index (χ2n) is 7.06. The molecule has 0 unspecified atom stereocenters. The summed E-state index contributed by atoms with van der Waals surface area (Å²) in [4.78, 5) is 17.1. The summed E-state index contributed by atoms with van der Waals surface area (Å²) < 4.78 is 0. The molecule has 0 aromatic carbocycles. The van der Waals surface area contributed by atoms with Crippen LogP contribution < -0.4 is 16.4 Å². The van der Waals surface area contributed by atoms with E-state index in [9.17, 15) is 4.79 Å². The number of thiazole rings is 1. The number of amides is 1. The molecule has 20 heavy (non-hydrogen) atoms. The number of anilines is 2. The van der Waals surface area contributed by atoms with Gasteiger partial charge in [0.15, 0.2) is 5.13 Å². The second-order valence-corrected chi connectivity index (χ2v) is 8.06. The highest BCUT2D eigenvalue weighted by atomic mass is 32.1. The molecule has 0 spiro atoms. The largest absolute Gasteiger partial charge is 0.382 e. The number of nitrogens with zero attached hydrogens (tertiary/aromatic N) is 1. The van der Waals surface area contributed by atoms with Crippen LogP contribution in [0.4, 0.5) is 10.9 Å². The van der Waals surface area contributed by atoms with Crippen LogP contribution in [0.3, 0.4) is 0 Å². The number of nitrogen functional groups attached to an aromatic ring is 1. The van der Waals surface area contributed by atoms with Crippen molar-refractivity contribution in [3.05, 3.63) is 4.88 Å². The Morgan fingerprint density at radius 1 is 1.30 bits per heavy atom. The van der Waals surface area contributed by atoms with Crippen molar-refractivity contribution in [2.75, 3.05) is 11.1 Å². The van der Waals surface area contributed by atoms with E-state index in [0.717, 1.165) is 0 Å². The Hall–Kier alpha value is -1.30. The van der Waals surface area contributed by atoms with Gasteiger partial charge in [-0.2, -0.15) is 0 Å². The Morgan fingerprint density at radius 2 is 1.90 bits per heavy atom. The van der Waals surface area contributed by atoms with E-state index in [-0.39, 0.29) is 17.0 Å². The Labute approximate surface area is 124 Å². The Bertz CT molecular complexity index is 512. The van der Waals surface area contributed by atoms with Gasteiger partial charge in [0.25, 0.3) is 5.91 Å². The lowest BCUT2D eigenvalue weighted by atomic mass is 9.99. The lowest BCUT2D eigenvalue weighted by molar-refractivity contribution is 0.0908. The van der Waals surface area contributed by atoms with Crippen molar-refractivity contribution in [3.8, 4) is 0 Å². The Morgan fingerprint density at radius 3 is 2.40 bits per heavy atom. The van der Waals surface area contributed by atoms with E-state index >= 15 is 0 Å². The fourth-order valence-corrected chi connectivity index (χ4v) is 3.11. The minimum atomic E-state index is -0.175. The fourth-order valence-electron chi connectivity index (χ4n) is 2.13. The topological polar surface area (TPSA) is 80.0 Å². The molecule has 0 bridgehead atoms. The van der Waals surface area contributed by atoms with Crippen LogP contribution in [0.2, 0.25) is 0 Å². The maximum Gasteiger partial charge on any atom is 0.265 e. The van der Waals surface area contributed by atoms with Gasteiger partial charge in [-0.3, -0.25) is 4.79 Å². The number of aromatic nitrogens is 1. The van der Waals surface area contributed by atoms with Crippen molar-refractivity contribution in [2.24, 2.45) is 5.92 Å². The van der Waals surface area contributed by atoms with E-state index < -0.39 is 0 Å². The third kappa shape index (κ3) is 3.62. The molecule has 0 atom stereocenters. The molecule has 1 aliphatic carbocycles. The molecule has 1 aromatic rings. The second kappa shape index (κ2) is 4.91. The van der Waals surface area contributed by atoms with E-state index in [1.807, 2.05) is 20.8 Å². The fraction of sp³-hybridized carbons (Fsp3) is 0.714. The zero-order chi connectivity index (χ0) is 15.1. The number of hydrogen-bond acceptors (Lipinski definition) is 5. The van der Waals surface area contributed by atoms with Crippen LogP contribution in [0.5, 0.6) is 0 Å². The minimum Gasteiger partial charge on any atom is -0.382 e. The van der Waals surface area contributed by atoms with E-state index in [4.69, 9.17) is 5.73 Å². The van der Waals surface area contributed by atoms with Crippen molar-refractivity contribution in [1.29, 1.82) is 0 Å². The molecule has 5 nitrogen and oxygen atoms in total. The summed E-state index contributed by atoms with van der Waals surface area (Å²) >= 11 is 1.31. The number of nitrogens with one attached hydrogen (secondary N) is 2. The first-order valence-corrected chi connectivity index (χ1v) is 7.77. The third-order valence-corrected chi connectivity index (χ3v) is 4.36. The first-order valence-electron chi connectivity index (χ1n) is 6.95. The summed E-state index contributed by atoms with van der Waals surface area (Å²) in [6.07, 6.45) is 2.37. The lowest BCUT2D eigenvalue weighted by Gasteiger charge is -2.25. The SMILES string of the molecule is CC(C)(C)Nc1nc(N)c(C(=O)NC(C)(C)C2CC2)s1. The first kappa shape index (κ1) is 15.1. The molecule has 0 radical (unpaired) electrons. The Kier molecular flexibility index (Phi) is 3.71. The quantitative estimate of drug-likeness (QED) is 0.798. The monoisotopic (exact) mass is 296 g/mol. The molecule has 1 saturated carbocycles. The van der Waals surface area contributed by atoms with Crippen molar-refractivity contribution in [2.45, 2.75) is 58.5 Å². The zero-order valence-corrected chi connectivity index (χ0v) is 13.6. The zero-order valence-electron chi connectivity index (χ0n) is 12.8. The van der Waals surface area contributed by atoms with Crippen molar-refractivity contribution in [1.82, 2.24) is 10.3 Å². The molecule has 6 heteroatoms. The number of hydrogen-bond donors (Lipinski definition) is 3. The molecule has 1 fully saturated rings. The summed E-state index contributed by atoms with van der Waals surface area (Å²) in [6.45, 7) is 10.3. The van der Waals surface area contributed by atoms with E-state index in [1.54, 1.807) is 0 Å². The van der Waals surface area contributed by atoms with Gasteiger partial charge in [0.05, 0.1) is 0 Å². The third-order valence-electron chi connectivity index (χ3n) is 3.38. The van der Waals surface area contributed by atoms with E-state index in [1.165, 1.54) is 24.2 Å². The van der Waals surface area contributed by atoms with Crippen molar-refractivity contribution in [3.63, 3.8) is 0 Å². The van der Waals surface area contributed by atoms with Gasteiger partial charge in [0.1, 0.15) is 10.7 Å². The lowest BCUT2D eigenvalue weighted by Crippen LogP contribution is -2.45. The molecule has 0 aliphatic heterocycles. The van der Waals surface area contributed by atoms with Gasteiger partial charge in [0, 0.05) is 11.1 Å². The normalized spacial score (nSPS) is 16.1. The van der Waals surface area contributed by atoms with Gasteiger partial charge >= 0.3 is 0 Å². The van der Waals surface area contributed by atoms with Crippen LogP contribution in [0.15, 0.2) is 0 Å². The molecule has 4 N–H and O–H groups in total. The van der Waals surface area contributed by atoms with Gasteiger partial charge in [-0.15, -0.1) is 0 Å². The van der Waals surface area contributed by atoms with Gasteiger partial charge in [-0.25, -0.2) is 4.98 Å². The predicted molar refractivity (Wildman–Crippen MR) is 84.2 cm³/mol. The molecular weight excluding hydrogens is 272 g/mol. The van der Waals surface area contributed by atoms with Crippen LogP contribution in [0, 0.1) is 5.92 Å². The molecule has 1 amide bonds. The first-order chi connectivity index (χ1) is 9.08. The summed E-state index contributed by atoms with van der Waals surface area (Å²) in [6, 6.07) is 0. The molecule has 1 aliphatic rings. The van der Waals surface area contributed by atoms with E-state index in [2.05, 4.69) is 29.5 Å². The van der Waals surface area contributed by atoms with Crippen LogP contribution in [-0.4, -0.2) is 22.0 Å². The summed E-state index contributed by atoms with van der Waals surface area (Å²) in [5, 5.41) is 7.00. The Balaban J connectivity index is 2.10. The molecular formula is C14H24N4OS. The van der Waals surface area contributed by atoms with Gasteiger partial charge in [-0.05, 0) is 53.4 Å². The van der Waals surface area contributed by atoms with Gasteiger partial charge in [0.2, 0.25) is 0 Å². The molecule has 2 rings (SSSR count). The van der Waals surface area contributed by atoms with Crippen LogP contribution >= 0.6 is 11.3 Å². The highest BCUT2D eigenvalue weighted by Gasteiger charge is 2.39. The minimum absolute atomic E-state index is 0.106. The van der Waals surface area contributed by atoms with Crippen LogP contribution in [0.25, 0.3) is 0 Å². The number of carbonyl (C=O) groups excluding carboxylic acids is 1. The molecule has 112 valence electrons. The highest BCUT2D eigenvalue weighted by Crippen LogP contribution is 2.39. The molecule has 1 heterocycles. The average molecular weight is 296 g/mol. The number of rotatable bonds is 4. The standard InChI is InChI=1S/C14H24N4OS/c1-13(2,3)18-12-16-10(15)9(20-12)11(19)17-14(4,5)8-6-7-8/h8H,6-7,15H2,1-5H3,(H,16,18)(H,17,19). The van der Waals surface area contributed by atoms with Crippen molar-refractivity contribution < 1.29 is 4.79 Å². The number of nitrogens with two attached hydrogens (primary N) is 1. The molecule has 0 saturated heterocycles. The maximum atomic E-state index is 12.3. The average Bonchev–Trinajstić information content (AvgIpc) is 3.02. The summed E-state index contributed by atoms with van der Waals surface area (Å²) in [5.41, 5.74) is 5.59. The van der Waals surface area contributed by atoms with Gasteiger partial charge < -0.3 is 16.4 Å². The maximum absolute atomic E-state index is 12.3. The summed E-state index contributed by atoms with van der Waals surface area (Å²) in [5.74, 6) is 0.748. The molecule has 1 aromatic heterocycles. The smallest absolute Gasteiger partial charge is 0.265 e. The van der Waals surface area contributed by atoms with E-state index in [0.29, 0.717) is 21.7 Å². The predicted octanol–water partition coefficient (Wildman–Crippen LogP) is 2.85. The van der Waals surface area contributed by atoms with Crippen LogP contribution in [0.1, 0.15) is 57.1 Å². The van der Waals surface area contributed by atoms with Crippen LogP contribution in [-0.2, 0) is 0 Å². The van der Waals surface area contributed by atoms with Crippen molar-refractivity contribution >= 4 is 28.2 Å². The number of carbonyl (C=O) groups is 1.